The molecular weight excluding hydrogens is 370 g/mol. The van der Waals surface area contributed by atoms with Gasteiger partial charge in [-0.05, 0) is 55.9 Å². The summed E-state index contributed by atoms with van der Waals surface area (Å²) in [5.41, 5.74) is 2.07. The first-order valence-electron chi connectivity index (χ1n) is 9.81. The third-order valence-electron chi connectivity index (χ3n) is 5.36. The van der Waals surface area contributed by atoms with Crippen molar-refractivity contribution < 1.29 is 9.59 Å². The molecule has 4 N–H and O–H groups in total. The van der Waals surface area contributed by atoms with Gasteiger partial charge in [-0.15, -0.1) is 0 Å². The molecule has 0 aliphatic heterocycles. The lowest BCUT2D eigenvalue weighted by Crippen LogP contribution is -2.34. The standard InChI is InChI=1S/C21H23N5O3/c27-19-3-1-2-17(26-19)21(29)24-14-5-4-13(12-14)8-10-23-20(28)18-7-6-15-16(25-18)9-11-22-15/h1-3,6-7,9,11,13-14,22H,4-5,8,10,12H2,(H,23,28)(H,24,29)(H,26,27). The number of fused-ring (bicyclic) bond motifs is 1. The van der Waals surface area contributed by atoms with Gasteiger partial charge in [0.2, 0.25) is 5.56 Å². The van der Waals surface area contributed by atoms with E-state index in [0.29, 0.717) is 18.2 Å². The molecule has 0 spiro atoms. The summed E-state index contributed by atoms with van der Waals surface area (Å²) >= 11 is 0. The number of carbonyl (C=O) groups is 2. The second kappa shape index (κ2) is 8.30. The van der Waals surface area contributed by atoms with Crippen LogP contribution in [0.25, 0.3) is 11.0 Å². The number of H-pyrrole nitrogens is 2. The molecule has 2 amide bonds. The van der Waals surface area contributed by atoms with E-state index in [1.807, 2.05) is 12.1 Å². The minimum absolute atomic E-state index is 0.0876. The third kappa shape index (κ3) is 4.53. The number of hydrogen-bond donors (Lipinski definition) is 4. The lowest BCUT2D eigenvalue weighted by Gasteiger charge is -2.14. The fourth-order valence-corrected chi connectivity index (χ4v) is 3.85. The van der Waals surface area contributed by atoms with Gasteiger partial charge in [0.25, 0.3) is 11.8 Å². The van der Waals surface area contributed by atoms with Crippen LogP contribution < -0.4 is 16.2 Å². The molecule has 0 bridgehead atoms. The quantitative estimate of drug-likeness (QED) is 0.512. The Labute approximate surface area is 167 Å². The number of amides is 2. The molecule has 8 nitrogen and oxygen atoms in total. The molecule has 2 unspecified atom stereocenters. The number of carbonyl (C=O) groups excluding carboxylic acids is 2. The van der Waals surface area contributed by atoms with Crippen molar-refractivity contribution >= 4 is 22.8 Å². The van der Waals surface area contributed by atoms with Gasteiger partial charge in [-0.25, -0.2) is 4.98 Å². The number of pyridine rings is 2. The first-order chi connectivity index (χ1) is 14.1. The van der Waals surface area contributed by atoms with Crippen LogP contribution in [-0.4, -0.2) is 39.4 Å². The van der Waals surface area contributed by atoms with E-state index in [2.05, 4.69) is 25.6 Å². The van der Waals surface area contributed by atoms with Crippen molar-refractivity contribution in [2.75, 3.05) is 6.54 Å². The summed E-state index contributed by atoms with van der Waals surface area (Å²) in [4.78, 5) is 45.8. The Morgan fingerprint density at radius 3 is 2.86 bits per heavy atom. The van der Waals surface area contributed by atoms with Gasteiger partial charge in [0.15, 0.2) is 0 Å². The van der Waals surface area contributed by atoms with Crippen molar-refractivity contribution in [2.45, 2.75) is 31.7 Å². The summed E-state index contributed by atoms with van der Waals surface area (Å²) in [5.74, 6) is 0.00685. The van der Waals surface area contributed by atoms with E-state index < -0.39 is 0 Å². The van der Waals surface area contributed by atoms with Crippen LogP contribution in [0.5, 0.6) is 0 Å². The summed E-state index contributed by atoms with van der Waals surface area (Å²) in [6.07, 6.45) is 5.41. The Hall–Kier alpha value is -3.42. The topological polar surface area (TPSA) is 120 Å². The number of aromatic nitrogens is 3. The van der Waals surface area contributed by atoms with Gasteiger partial charge < -0.3 is 20.6 Å². The van der Waals surface area contributed by atoms with Crippen molar-refractivity contribution in [3.63, 3.8) is 0 Å². The largest absolute Gasteiger partial charge is 0.360 e. The summed E-state index contributed by atoms with van der Waals surface area (Å²) in [5, 5.41) is 5.91. The fourth-order valence-electron chi connectivity index (χ4n) is 3.85. The molecular formula is C21H23N5O3. The minimum atomic E-state index is -0.289. The molecule has 2 atom stereocenters. The highest BCUT2D eigenvalue weighted by Gasteiger charge is 2.26. The molecule has 150 valence electrons. The number of hydrogen-bond acceptors (Lipinski definition) is 4. The van der Waals surface area contributed by atoms with Crippen molar-refractivity contribution in [2.24, 2.45) is 5.92 Å². The predicted molar refractivity (Wildman–Crippen MR) is 109 cm³/mol. The fraction of sp³-hybridized carbons (Fsp3) is 0.333. The summed E-state index contributed by atoms with van der Waals surface area (Å²) in [6, 6.07) is 10.0. The van der Waals surface area contributed by atoms with Crippen molar-refractivity contribution in [3.8, 4) is 0 Å². The molecule has 3 aromatic heterocycles. The highest BCUT2D eigenvalue weighted by Crippen LogP contribution is 2.28. The van der Waals surface area contributed by atoms with Gasteiger partial charge >= 0.3 is 0 Å². The van der Waals surface area contributed by atoms with Gasteiger partial charge in [-0.1, -0.05) is 6.07 Å². The van der Waals surface area contributed by atoms with Gasteiger partial charge in [-0.2, -0.15) is 0 Å². The number of nitrogens with zero attached hydrogens (tertiary/aromatic N) is 1. The first kappa shape index (κ1) is 18.9. The molecule has 1 aliphatic carbocycles. The second-order valence-corrected chi connectivity index (χ2v) is 7.43. The van der Waals surface area contributed by atoms with E-state index in [9.17, 15) is 14.4 Å². The van der Waals surface area contributed by atoms with Crippen molar-refractivity contribution in [1.29, 1.82) is 0 Å². The van der Waals surface area contributed by atoms with Crippen LogP contribution in [0.15, 0.2) is 47.4 Å². The Kier molecular flexibility index (Phi) is 5.41. The lowest BCUT2D eigenvalue weighted by atomic mass is 10.0. The monoisotopic (exact) mass is 393 g/mol. The maximum Gasteiger partial charge on any atom is 0.269 e. The average Bonchev–Trinajstić information content (AvgIpc) is 3.36. The maximum atomic E-state index is 12.3. The highest BCUT2D eigenvalue weighted by molar-refractivity contribution is 5.94. The Balaban J connectivity index is 1.22. The van der Waals surface area contributed by atoms with E-state index >= 15 is 0 Å². The van der Waals surface area contributed by atoms with E-state index in [1.165, 1.54) is 6.07 Å². The van der Waals surface area contributed by atoms with Gasteiger partial charge in [0.05, 0.1) is 11.0 Å². The SMILES string of the molecule is O=C(NCCC1CCC(NC(=O)c2cccc(=O)[nH]2)C1)c1ccc2[nH]ccc2n1. The zero-order chi connectivity index (χ0) is 20.2. The molecule has 3 heterocycles. The van der Waals surface area contributed by atoms with Crippen LogP contribution in [0.1, 0.15) is 46.7 Å². The molecule has 29 heavy (non-hydrogen) atoms. The molecule has 4 rings (SSSR count). The third-order valence-corrected chi connectivity index (χ3v) is 5.36. The van der Waals surface area contributed by atoms with Crippen LogP contribution in [-0.2, 0) is 0 Å². The molecule has 0 radical (unpaired) electrons. The van der Waals surface area contributed by atoms with Crippen LogP contribution >= 0.6 is 0 Å². The Morgan fingerprint density at radius 2 is 2.00 bits per heavy atom. The normalized spacial score (nSPS) is 18.6. The smallest absolute Gasteiger partial charge is 0.269 e. The van der Waals surface area contributed by atoms with Crippen LogP contribution in [0.2, 0.25) is 0 Å². The molecule has 1 fully saturated rings. The summed E-state index contributed by atoms with van der Waals surface area (Å²) in [6.45, 7) is 0.572. The summed E-state index contributed by atoms with van der Waals surface area (Å²) in [7, 11) is 0. The Morgan fingerprint density at radius 1 is 1.10 bits per heavy atom. The second-order valence-electron chi connectivity index (χ2n) is 7.43. The zero-order valence-electron chi connectivity index (χ0n) is 15.9. The molecule has 0 aromatic carbocycles. The summed E-state index contributed by atoms with van der Waals surface area (Å²) < 4.78 is 0. The van der Waals surface area contributed by atoms with E-state index in [0.717, 1.165) is 36.7 Å². The molecule has 1 saturated carbocycles. The molecule has 3 aromatic rings. The molecule has 0 saturated heterocycles. The van der Waals surface area contributed by atoms with E-state index in [-0.39, 0.29) is 29.1 Å². The zero-order valence-corrected chi connectivity index (χ0v) is 15.9. The maximum absolute atomic E-state index is 12.3. The van der Waals surface area contributed by atoms with Crippen LogP contribution in [0.4, 0.5) is 0 Å². The molecule has 1 aliphatic rings. The van der Waals surface area contributed by atoms with Gasteiger partial charge in [-0.3, -0.25) is 14.4 Å². The lowest BCUT2D eigenvalue weighted by molar-refractivity contribution is 0.0930. The number of nitrogens with one attached hydrogen (secondary N) is 4. The van der Waals surface area contributed by atoms with Crippen LogP contribution in [0.3, 0.4) is 0 Å². The van der Waals surface area contributed by atoms with E-state index in [4.69, 9.17) is 0 Å². The molecule has 8 heteroatoms. The predicted octanol–water partition coefficient (Wildman–Crippen LogP) is 1.97. The first-order valence-corrected chi connectivity index (χ1v) is 9.81. The highest BCUT2D eigenvalue weighted by atomic mass is 16.2. The van der Waals surface area contributed by atoms with Gasteiger partial charge in [0, 0.05) is 24.8 Å². The van der Waals surface area contributed by atoms with Crippen molar-refractivity contribution in [3.05, 3.63) is 64.3 Å². The number of rotatable bonds is 6. The van der Waals surface area contributed by atoms with E-state index in [1.54, 1.807) is 24.4 Å². The van der Waals surface area contributed by atoms with Gasteiger partial charge in [0.1, 0.15) is 11.4 Å². The average molecular weight is 393 g/mol. The minimum Gasteiger partial charge on any atom is -0.360 e. The number of aromatic amines is 2. The van der Waals surface area contributed by atoms with Crippen molar-refractivity contribution in [1.82, 2.24) is 25.6 Å². The van der Waals surface area contributed by atoms with Crippen LogP contribution in [0, 0.1) is 5.92 Å². The Bertz CT molecular complexity index is 1090.